The van der Waals surface area contributed by atoms with Crippen molar-refractivity contribution in [1.29, 1.82) is 0 Å². The lowest BCUT2D eigenvalue weighted by atomic mass is 10.2. The summed E-state index contributed by atoms with van der Waals surface area (Å²) >= 11 is 6.29. The maximum atomic E-state index is 12.3. The lowest BCUT2D eigenvalue weighted by Crippen LogP contribution is -2.28. The topological polar surface area (TPSA) is 105 Å². The van der Waals surface area contributed by atoms with Gasteiger partial charge in [-0.1, -0.05) is 54.1 Å². The second-order valence-corrected chi connectivity index (χ2v) is 7.78. The Morgan fingerprint density at radius 3 is 2.62 bits per heavy atom. The van der Waals surface area contributed by atoms with Crippen LogP contribution in [0.15, 0.2) is 83.0 Å². The molecule has 0 spiro atoms. The monoisotopic (exact) mass is 476 g/mol. The number of hydrogen-bond donors (Lipinski definition) is 2. The van der Waals surface area contributed by atoms with Crippen LogP contribution >= 0.6 is 11.6 Å². The summed E-state index contributed by atoms with van der Waals surface area (Å²) in [5, 5.41) is 22.3. The Morgan fingerprint density at radius 1 is 1.06 bits per heavy atom. The molecule has 0 atom stereocenters. The fourth-order valence-corrected chi connectivity index (χ4v) is 3.69. The van der Waals surface area contributed by atoms with Gasteiger partial charge in [-0.25, -0.2) is 0 Å². The summed E-state index contributed by atoms with van der Waals surface area (Å²) in [6.07, 6.45) is 0. The van der Waals surface area contributed by atoms with Gasteiger partial charge < -0.3 is 19.7 Å². The molecule has 3 aromatic carbocycles. The molecule has 8 nitrogen and oxygen atoms in total. The molecular formula is C25H21ClN4O4. The number of methoxy groups -OCH3 is 1. The van der Waals surface area contributed by atoms with Gasteiger partial charge in [-0.15, -0.1) is 10.2 Å². The van der Waals surface area contributed by atoms with Crippen LogP contribution in [-0.2, 0) is 11.3 Å². The number of nitrogens with zero attached hydrogens (tertiary/aromatic N) is 3. The summed E-state index contributed by atoms with van der Waals surface area (Å²) in [7, 11) is 1.50. The Morgan fingerprint density at radius 2 is 1.82 bits per heavy atom. The summed E-state index contributed by atoms with van der Waals surface area (Å²) in [4.78, 5) is 24.5. The quantitative estimate of drug-likeness (QED) is 0.362. The summed E-state index contributed by atoms with van der Waals surface area (Å²) in [5.41, 5.74) is 2.05. The first kappa shape index (κ1) is 23.0. The number of aromatic hydroxyl groups is 1. The number of aromatic nitrogens is 1. The number of halogens is 1. The Labute approximate surface area is 200 Å². The fraction of sp³-hybridized carbons (Fsp3) is 0.120. The van der Waals surface area contributed by atoms with Crippen LogP contribution in [0.25, 0.3) is 10.9 Å². The van der Waals surface area contributed by atoms with E-state index in [1.165, 1.54) is 7.11 Å². The summed E-state index contributed by atoms with van der Waals surface area (Å²) in [6, 6.07) is 21.2. The van der Waals surface area contributed by atoms with Crippen molar-refractivity contribution in [3.05, 3.63) is 88.9 Å². The Kier molecular flexibility index (Phi) is 6.89. The maximum absolute atomic E-state index is 12.3. The molecule has 0 fully saturated rings. The summed E-state index contributed by atoms with van der Waals surface area (Å²) in [6.45, 7) is -0.0371. The zero-order valence-corrected chi connectivity index (χ0v) is 19.0. The van der Waals surface area contributed by atoms with Gasteiger partial charge in [0.15, 0.2) is 5.69 Å². The van der Waals surface area contributed by atoms with Crippen molar-refractivity contribution in [3.8, 4) is 11.6 Å². The zero-order chi connectivity index (χ0) is 24.1. The standard InChI is InChI=1S/C25H21ClN4O4/c1-34-18-9-6-8-16(13-18)24(32)27-14-22(31)28-29-23-19-10-3-5-12-21(19)30(25(23)33)15-17-7-2-4-11-20(17)26/h2-13,33H,14-15H2,1H3,(H,27,32). The number of carbonyl (C=O) groups is 2. The number of ether oxygens (including phenoxy) is 1. The zero-order valence-electron chi connectivity index (χ0n) is 18.2. The highest BCUT2D eigenvalue weighted by atomic mass is 35.5. The van der Waals surface area contributed by atoms with E-state index in [-0.39, 0.29) is 18.1 Å². The SMILES string of the molecule is COc1cccc(C(=O)NCC(=O)N=Nc2c(O)n(Cc3ccccc3Cl)c3ccccc23)c1. The number of fused-ring (bicyclic) bond motifs is 1. The number of para-hydroxylation sites is 1. The smallest absolute Gasteiger partial charge is 0.283 e. The van der Waals surface area contributed by atoms with E-state index >= 15 is 0 Å². The van der Waals surface area contributed by atoms with Crippen molar-refractivity contribution in [2.24, 2.45) is 10.2 Å². The van der Waals surface area contributed by atoms with Crippen molar-refractivity contribution in [3.63, 3.8) is 0 Å². The second-order valence-electron chi connectivity index (χ2n) is 7.38. The Hall–Kier alpha value is -4.17. The van der Waals surface area contributed by atoms with E-state index < -0.39 is 11.8 Å². The van der Waals surface area contributed by atoms with Gasteiger partial charge in [-0.2, -0.15) is 0 Å². The van der Waals surface area contributed by atoms with Gasteiger partial charge in [0.1, 0.15) is 12.3 Å². The van der Waals surface area contributed by atoms with Gasteiger partial charge >= 0.3 is 0 Å². The largest absolute Gasteiger partial charge is 0.497 e. The van der Waals surface area contributed by atoms with Crippen molar-refractivity contribution in [2.45, 2.75) is 6.54 Å². The number of nitrogens with one attached hydrogen (secondary N) is 1. The molecule has 0 aliphatic carbocycles. The molecule has 0 radical (unpaired) electrons. The van der Waals surface area contributed by atoms with Crippen LogP contribution in [-0.4, -0.2) is 35.1 Å². The predicted octanol–water partition coefficient (Wildman–Crippen LogP) is 5.10. The molecule has 2 amide bonds. The number of rotatable bonds is 7. The van der Waals surface area contributed by atoms with E-state index in [0.29, 0.717) is 33.8 Å². The molecule has 0 aliphatic heterocycles. The molecule has 9 heteroatoms. The van der Waals surface area contributed by atoms with Gasteiger partial charge in [0.05, 0.1) is 19.2 Å². The molecule has 0 saturated heterocycles. The molecule has 1 aromatic heterocycles. The molecule has 34 heavy (non-hydrogen) atoms. The number of carbonyl (C=O) groups excluding carboxylic acids is 2. The Bertz CT molecular complexity index is 1400. The highest BCUT2D eigenvalue weighted by Crippen LogP contribution is 2.39. The van der Waals surface area contributed by atoms with E-state index in [2.05, 4.69) is 15.5 Å². The summed E-state index contributed by atoms with van der Waals surface area (Å²) in [5.74, 6) is -0.722. The van der Waals surface area contributed by atoms with Gasteiger partial charge in [0, 0.05) is 16.0 Å². The fourth-order valence-electron chi connectivity index (χ4n) is 3.49. The third-order valence-corrected chi connectivity index (χ3v) is 5.57. The van der Waals surface area contributed by atoms with Gasteiger partial charge in [-0.3, -0.25) is 9.59 Å². The third-order valence-electron chi connectivity index (χ3n) is 5.20. The van der Waals surface area contributed by atoms with Crippen LogP contribution in [0.5, 0.6) is 11.6 Å². The predicted molar refractivity (Wildman–Crippen MR) is 129 cm³/mol. The molecule has 4 aromatic rings. The van der Waals surface area contributed by atoms with Crippen LogP contribution in [0.3, 0.4) is 0 Å². The minimum absolute atomic E-state index is 0.141. The van der Waals surface area contributed by atoms with E-state index in [1.807, 2.05) is 30.3 Å². The molecule has 0 aliphatic rings. The van der Waals surface area contributed by atoms with Crippen LogP contribution < -0.4 is 10.1 Å². The molecule has 0 unspecified atom stereocenters. The van der Waals surface area contributed by atoms with E-state index in [9.17, 15) is 14.7 Å². The molecule has 2 N–H and O–H groups in total. The first-order valence-electron chi connectivity index (χ1n) is 10.4. The number of amides is 2. The van der Waals surface area contributed by atoms with Gasteiger partial charge in [0.2, 0.25) is 5.88 Å². The van der Waals surface area contributed by atoms with E-state index in [4.69, 9.17) is 16.3 Å². The normalized spacial score (nSPS) is 11.1. The minimum atomic E-state index is -0.668. The van der Waals surface area contributed by atoms with Crippen LogP contribution in [0.1, 0.15) is 15.9 Å². The summed E-state index contributed by atoms with van der Waals surface area (Å²) < 4.78 is 6.75. The molecule has 172 valence electrons. The van der Waals surface area contributed by atoms with Crippen molar-refractivity contribution in [2.75, 3.05) is 13.7 Å². The Balaban J connectivity index is 1.52. The average Bonchev–Trinajstić information content (AvgIpc) is 3.13. The number of benzene rings is 3. The minimum Gasteiger partial charge on any atom is -0.497 e. The number of azo groups is 1. The first-order chi connectivity index (χ1) is 16.5. The van der Waals surface area contributed by atoms with Gasteiger partial charge in [0.25, 0.3) is 11.8 Å². The van der Waals surface area contributed by atoms with Crippen LogP contribution in [0, 0.1) is 0 Å². The first-order valence-corrected chi connectivity index (χ1v) is 10.8. The van der Waals surface area contributed by atoms with Crippen LogP contribution in [0.2, 0.25) is 5.02 Å². The molecule has 0 bridgehead atoms. The van der Waals surface area contributed by atoms with Crippen molar-refractivity contribution >= 4 is 40.0 Å². The highest BCUT2D eigenvalue weighted by Gasteiger charge is 2.18. The molecule has 1 heterocycles. The maximum Gasteiger partial charge on any atom is 0.283 e. The third kappa shape index (κ3) is 4.92. The lowest BCUT2D eigenvalue weighted by Gasteiger charge is -2.08. The molecular weight excluding hydrogens is 456 g/mol. The number of hydrogen-bond acceptors (Lipinski definition) is 5. The van der Waals surface area contributed by atoms with Gasteiger partial charge in [-0.05, 0) is 35.9 Å². The second kappa shape index (κ2) is 10.2. The van der Waals surface area contributed by atoms with Crippen molar-refractivity contribution < 1.29 is 19.4 Å². The van der Waals surface area contributed by atoms with E-state index in [0.717, 1.165) is 5.56 Å². The highest BCUT2D eigenvalue weighted by molar-refractivity contribution is 6.31. The van der Waals surface area contributed by atoms with Crippen LogP contribution in [0.4, 0.5) is 5.69 Å². The van der Waals surface area contributed by atoms with Crippen molar-refractivity contribution in [1.82, 2.24) is 9.88 Å². The molecule has 4 rings (SSSR count). The molecule has 0 saturated carbocycles. The average molecular weight is 477 g/mol. The lowest BCUT2D eigenvalue weighted by molar-refractivity contribution is -0.117. The van der Waals surface area contributed by atoms with E-state index in [1.54, 1.807) is 47.0 Å².